The van der Waals surface area contributed by atoms with Gasteiger partial charge in [0.25, 0.3) is 0 Å². The van der Waals surface area contributed by atoms with Gasteiger partial charge < -0.3 is 19.5 Å². The number of unbranched alkanes of at least 4 members (excludes halogenated alkanes) is 1. The molecule has 0 saturated carbocycles. The summed E-state index contributed by atoms with van der Waals surface area (Å²) in [5.41, 5.74) is 3.69. The van der Waals surface area contributed by atoms with E-state index in [1.165, 1.54) is 11.8 Å². The first-order valence-electron chi connectivity index (χ1n) is 13.9. The third kappa shape index (κ3) is 7.20. The number of nitrogens with one attached hydrogen (secondary N) is 1. The Kier molecular flexibility index (Phi) is 10.3. The Morgan fingerprint density at radius 3 is 2.65 bits per heavy atom. The summed E-state index contributed by atoms with van der Waals surface area (Å²) < 4.78 is 20.0. The lowest BCUT2D eigenvalue weighted by Gasteiger charge is -2.29. The van der Waals surface area contributed by atoms with Gasteiger partial charge in [-0.3, -0.25) is 0 Å². The van der Waals surface area contributed by atoms with Crippen LogP contribution in [-0.4, -0.2) is 34.5 Å². The summed E-state index contributed by atoms with van der Waals surface area (Å²) in [5, 5.41) is 9.34. The fourth-order valence-corrected chi connectivity index (χ4v) is 6.37. The SMILES string of the molecule is CCCCOc1c(Br)cc(C2C(C(=O)OCc3ccccc3)=C(C)Nc3nc(SCc4ccccc4Cl)nn32)cc1OC. The zero-order chi connectivity index (χ0) is 30.3. The number of hydrogen-bond acceptors (Lipinski definition) is 8. The number of esters is 1. The van der Waals surface area contributed by atoms with Crippen LogP contribution in [0.4, 0.5) is 5.95 Å². The van der Waals surface area contributed by atoms with Crippen molar-refractivity contribution in [1.82, 2.24) is 14.8 Å². The lowest BCUT2D eigenvalue weighted by atomic mass is 9.95. The molecule has 4 aromatic rings. The Hall–Kier alpha value is -3.47. The van der Waals surface area contributed by atoms with E-state index in [1.54, 1.807) is 11.8 Å². The molecule has 0 aliphatic carbocycles. The quantitative estimate of drug-likeness (QED) is 0.0909. The van der Waals surface area contributed by atoms with Crippen molar-refractivity contribution in [2.24, 2.45) is 0 Å². The number of nitrogens with zero attached hydrogens (tertiary/aromatic N) is 3. The van der Waals surface area contributed by atoms with E-state index in [0.29, 0.717) is 55.7 Å². The Bertz CT molecular complexity index is 1630. The van der Waals surface area contributed by atoms with Crippen LogP contribution in [0, 0.1) is 0 Å². The van der Waals surface area contributed by atoms with Gasteiger partial charge in [-0.1, -0.05) is 85.2 Å². The van der Waals surface area contributed by atoms with Gasteiger partial charge >= 0.3 is 5.97 Å². The Morgan fingerprint density at radius 1 is 1.14 bits per heavy atom. The van der Waals surface area contributed by atoms with Crippen LogP contribution in [0.2, 0.25) is 5.02 Å². The van der Waals surface area contributed by atoms with Crippen LogP contribution in [0.15, 0.2) is 87.6 Å². The summed E-state index contributed by atoms with van der Waals surface area (Å²) in [6.45, 7) is 4.66. The summed E-state index contributed by atoms with van der Waals surface area (Å²) in [6.07, 6.45) is 1.93. The second-order valence-corrected chi connectivity index (χ2v) is 12.1. The summed E-state index contributed by atoms with van der Waals surface area (Å²) >= 11 is 11.5. The van der Waals surface area contributed by atoms with E-state index in [0.717, 1.165) is 29.5 Å². The number of methoxy groups -OCH3 is 1. The molecule has 0 bridgehead atoms. The molecule has 8 nitrogen and oxygen atoms in total. The highest BCUT2D eigenvalue weighted by molar-refractivity contribution is 9.10. The molecule has 1 unspecified atom stereocenters. The van der Waals surface area contributed by atoms with Crippen LogP contribution >= 0.6 is 39.3 Å². The molecular formula is C32H32BrClN4O4S. The van der Waals surface area contributed by atoms with Crippen molar-refractivity contribution < 1.29 is 19.0 Å². The van der Waals surface area contributed by atoms with Crippen LogP contribution in [0.5, 0.6) is 11.5 Å². The number of hydrogen-bond donors (Lipinski definition) is 1. The van der Waals surface area contributed by atoms with Crippen LogP contribution in [0.3, 0.4) is 0 Å². The minimum atomic E-state index is -0.642. The molecule has 3 aromatic carbocycles. The topological polar surface area (TPSA) is 87.5 Å². The molecule has 0 saturated heterocycles. The molecule has 0 fully saturated rings. The maximum Gasteiger partial charge on any atom is 0.338 e. The van der Waals surface area contributed by atoms with Gasteiger partial charge in [-0.25, -0.2) is 9.48 Å². The lowest BCUT2D eigenvalue weighted by Crippen LogP contribution is -2.29. The molecule has 224 valence electrons. The number of benzene rings is 3. The molecule has 1 aromatic heterocycles. The maximum absolute atomic E-state index is 13.7. The normalized spacial score (nSPS) is 14.2. The summed E-state index contributed by atoms with van der Waals surface area (Å²) in [7, 11) is 1.60. The minimum absolute atomic E-state index is 0.142. The van der Waals surface area contributed by atoms with Crippen molar-refractivity contribution in [2.45, 2.75) is 50.2 Å². The van der Waals surface area contributed by atoms with Gasteiger partial charge in [0.05, 0.1) is 23.8 Å². The van der Waals surface area contributed by atoms with Crippen molar-refractivity contribution in [3.8, 4) is 11.5 Å². The first-order valence-corrected chi connectivity index (χ1v) is 16.1. The molecule has 0 amide bonds. The van der Waals surface area contributed by atoms with E-state index in [1.807, 2.05) is 73.7 Å². The van der Waals surface area contributed by atoms with Crippen molar-refractivity contribution in [1.29, 1.82) is 0 Å². The highest BCUT2D eigenvalue weighted by atomic mass is 79.9. The Labute approximate surface area is 268 Å². The molecule has 2 heterocycles. The third-order valence-electron chi connectivity index (χ3n) is 6.89. The van der Waals surface area contributed by atoms with Crippen LogP contribution < -0.4 is 14.8 Å². The van der Waals surface area contributed by atoms with Gasteiger partial charge in [-0.2, -0.15) is 4.98 Å². The number of rotatable bonds is 12. The van der Waals surface area contributed by atoms with E-state index in [4.69, 9.17) is 35.9 Å². The number of carbonyl (C=O) groups excluding carboxylic acids is 1. The van der Waals surface area contributed by atoms with Crippen LogP contribution in [0.1, 0.15) is 49.4 Å². The van der Waals surface area contributed by atoms with Crippen molar-refractivity contribution in [3.05, 3.63) is 104 Å². The fraction of sp³-hybridized carbons (Fsp3) is 0.281. The van der Waals surface area contributed by atoms with E-state index in [2.05, 4.69) is 28.2 Å². The van der Waals surface area contributed by atoms with Gasteiger partial charge in [-0.15, -0.1) is 5.10 Å². The second-order valence-electron chi connectivity index (χ2n) is 9.91. The van der Waals surface area contributed by atoms with Gasteiger partial charge in [0.1, 0.15) is 12.6 Å². The first kappa shape index (κ1) is 31.0. The average molecular weight is 684 g/mol. The number of halogens is 2. The van der Waals surface area contributed by atoms with Gasteiger partial charge in [0, 0.05) is 16.5 Å². The first-order chi connectivity index (χ1) is 20.9. The molecule has 0 spiro atoms. The maximum atomic E-state index is 13.7. The molecular weight excluding hydrogens is 652 g/mol. The zero-order valence-corrected chi connectivity index (χ0v) is 27.3. The van der Waals surface area contributed by atoms with E-state index >= 15 is 0 Å². The number of carbonyl (C=O) groups is 1. The predicted octanol–water partition coefficient (Wildman–Crippen LogP) is 8.21. The number of fused-ring (bicyclic) bond motifs is 1. The molecule has 1 aliphatic heterocycles. The molecule has 43 heavy (non-hydrogen) atoms. The number of allylic oxidation sites excluding steroid dienone is 1. The molecule has 1 aliphatic rings. The summed E-state index contributed by atoms with van der Waals surface area (Å²) in [4.78, 5) is 18.5. The number of thioether (sulfide) groups is 1. The lowest BCUT2D eigenvalue weighted by molar-refractivity contribution is -0.140. The summed E-state index contributed by atoms with van der Waals surface area (Å²) in [6, 6.07) is 20.4. The monoisotopic (exact) mass is 682 g/mol. The van der Waals surface area contributed by atoms with Gasteiger partial charge in [0.2, 0.25) is 11.1 Å². The highest BCUT2D eigenvalue weighted by Gasteiger charge is 2.36. The van der Waals surface area contributed by atoms with Crippen molar-refractivity contribution in [3.63, 3.8) is 0 Å². The minimum Gasteiger partial charge on any atom is -0.493 e. The molecule has 1 atom stereocenters. The fourth-order valence-electron chi connectivity index (χ4n) is 4.68. The smallest absolute Gasteiger partial charge is 0.338 e. The largest absolute Gasteiger partial charge is 0.493 e. The van der Waals surface area contributed by atoms with E-state index in [-0.39, 0.29) is 6.61 Å². The van der Waals surface area contributed by atoms with Crippen molar-refractivity contribution in [2.75, 3.05) is 19.0 Å². The predicted molar refractivity (Wildman–Crippen MR) is 173 cm³/mol. The van der Waals surface area contributed by atoms with Crippen LogP contribution in [0.25, 0.3) is 0 Å². The standard InChI is InChI=1S/C32H32BrClN4O4S/c1-4-5-15-41-29-24(33)16-23(17-26(29)40-3)28-27(30(39)42-18-21-11-7-6-8-12-21)20(2)35-31-36-32(37-38(28)31)43-19-22-13-9-10-14-25(22)34/h6-14,16-17,28H,4-5,15,18-19H2,1-3H3,(H,35,36,37). The van der Waals surface area contributed by atoms with E-state index < -0.39 is 12.0 Å². The molecule has 0 radical (unpaired) electrons. The number of anilines is 1. The van der Waals surface area contributed by atoms with Gasteiger partial charge in [0.15, 0.2) is 11.5 Å². The van der Waals surface area contributed by atoms with Crippen molar-refractivity contribution >= 4 is 51.2 Å². The van der Waals surface area contributed by atoms with Gasteiger partial charge in [-0.05, 0) is 64.2 Å². The highest BCUT2D eigenvalue weighted by Crippen LogP contribution is 2.43. The second kappa shape index (κ2) is 14.3. The van der Waals surface area contributed by atoms with Crippen LogP contribution in [-0.2, 0) is 21.9 Å². The Morgan fingerprint density at radius 2 is 1.91 bits per heavy atom. The molecule has 11 heteroatoms. The molecule has 5 rings (SSSR count). The summed E-state index contributed by atoms with van der Waals surface area (Å²) in [5.74, 6) is 1.81. The average Bonchev–Trinajstić information content (AvgIpc) is 3.42. The molecule has 1 N–H and O–H groups in total. The Balaban J connectivity index is 1.51. The van der Waals surface area contributed by atoms with E-state index in [9.17, 15) is 4.79 Å². The number of ether oxygens (including phenoxy) is 3. The number of aromatic nitrogens is 3. The third-order valence-corrected chi connectivity index (χ3v) is 8.74. The zero-order valence-electron chi connectivity index (χ0n) is 24.1.